The second kappa shape index (κ2) is 8.59. The Morgan fingerprint density at radius 1 is 1.32 bits per heavy atom. The molecule has 1 atom stereocenters. The van der Waals surface area contributed by atoms with E-state index in [4.69, 9.17) is 5.11 Å². The fourth-order valence-electron chi connectivity index (χ4n) is 3.09. The Labute approximate surface area is 131 Å². The number of carbonyl (C=O) groups is 1. The number of aliphatic hydroxyl groups is 1. The first-order valence-corrected chi connectivity index (χ1v) is 8.05. The predicted molar refractivity (Wildman–Crippen MR) is 87.8 cm³/mol. The molecule has 4 heteroatoms. The lowest BCUT2D eigenvalue weighted by Gasteiger charge is -2.26. The van der Waals surface area contributed by atoms with E-state index in [1.54, 1.807) is 6.08 Å². The Balaban J connectivity index is 1.88. The van der Waals surface area contributed by atoms with Crippen LogP contribution in [0.4, 0.5) is 4.79 Å². The van der Waals surface area contributed by atoms with Gasteiger partial charge in [0.25, 0.3) is 0 Å². The van der Waals surface area contributed by atoms with Crippen molar-refractivity contribution in [3.8, 4) is 0 Å². The molecule has 0 saturated heterocycles. The molecule has 1 aromatic rings. The number of rotatable bonds is 6. The molecular weight excluding hydrogens is 278 g/mol. The van der Waals surface area contributed by atoms with Crippen LogP contribution in [0.2, 0.25) is 0 Å². The summed E-state index contributed by atoms with van der Waals surface area (Å²) in [6.45, 7) is 0.296. The summed E-state index contributed by atoms with van der Waals surface area (Å²) in [5, 5.41) is 21.2. The van der Waals surface area contributed by atoms with E-state index < -0.39 is 6.09 Å². The van der Waals surface area contributed by atoms with E-state index in [1.807, 2.05) is 24.3 Å². The van der Waals surface area contributed by atoms with Crippen LogP contribution in [-0.4, -0.2) is 29.0 Å². The van der Waals surface area contributed by atoms with Gasteiger partial charge in [0.05, 0.1) is 6.10 Å². The third-order valence-electron chi connectivity index (χ3n) is 4.27. The highest BCUT2D eigenvalue weighted by Gasteiger charge is 2.21. The first-order chi connectivity index (χ1) is 10.6. The minimum absolute atomic E-state index is 0.256. The van der Waals surface area contributed by atoms with Crippen LogP contribution in [0.5, 0.6) is 0 Å². The van der Waals surface area contributed by atoms with Gasteiger partial charge in [-0.2, -0.15) is 0 Å². The molecule has 1 fully saturated rings. The molecule has 1 saturated carbocycles. The minimum Gasteiger partial charge on any atom is -0.465 e. The van der Waals surface area contributed by atoms with E-state index in [9.17, 15) is 9.90 Å². The fourth-order valence-corrected chi connectivity index (χ4v) is 3.09. The van der Waals surface area contributed by atoms with Gasteiger partial charge in [0.15, 0.2) is 0 Å². The van der Waals surface area contributed by atoms with E-state index in [0.29, 0.717) is 18.9 Å². The maximum Gasteiger partial charge on any atom is 0.404 e. The van der Waals surface area contributed by atoms with E-state index in [1.165, 1.54) is 19.3 Å². The zero-order valence-electron chi connectivity index (χ0n) is 12.9. The van der Waals surface area contributed by atoms with Crippen molar-refractivity contribution in [2.75, 3.05) is 6.54 Å². The third kappa shape index (κ3) is 5.53. The second-order valence-corrected chi connectivity index (χ2v) is 6.00. The molecular formula is C18H25NO3. The molecule has 120 valence electrons. The summed E-state index contributed by atoms with van der Waals surface area (Å²) in [6, 6.07) is 8.06. The van der Waals surface area contributed by atoms with E-state index in [2.05, 4.69) is 11.4 Å². The molecule has 1 amide bonds. The van der Waals surface area contributed by atoms with Crippen molar-refractivity contribution in [3.05, 3.63) is 41.5 Å². The minimum atomic E-state index is -1.02. The van der Waals surface area contributed by atoms with Crippen molar-refractivity contribution in [2.45, 2.75) is 44.6 Å². The van der Waals surface area contributed by atoms with Crippen molar-refractivity contribution in [1.29, 1.82) is 0 Å². The summed E-state index contributed by atoms with van der Waals surface area (Å²) in [5.74, 6) is 0.438. The van der Waals surface area contributed by atoms with Gasteiger partial charge in [0.2, 0.25) is 0 Å². The molecule has 0 radical (unpaired) electrons. The standard InChI is InChI=1S/C18H25NO3/c20-17(16-9-2-1-3-10-16)13-15-7-4-6-14(12-15)8-5-11-19-18(21)22/h4-8,12,16-17,19-20H,1-3,9-11,13H2,(H,21,22)/b8-5+. The predicted octanol–water partition coefficient (Wildman–Crippen LogP) is 3.45. The fraction of sp³-hybridized carbons (Fsp3) is 0.500. The smallest absolute Gasteiger partial charge is 0.404 e. The van der Waals surface area contributed by atoms with Crippen LogP contribution >= 0.6 is 0 Å². The number of nitrogens with one attached hydrogen (secondary N) is 1. The van der Waals surface area contributed by atoms with Crippen molar-refractivity contribution in [2.24, 2.45) is 5.92 Å². The molecule has 0 bridgehead atoms. The van der Waals surface area contributed by atoms with Crippen molar-refractivity contribution < 1.29 is 15.0 Å². The van der Waals surface area contributed by atoms with Gasteiger partial charge >= 0.3 is 6.09 Å². The van der Waals surface area contributed by atoms with Crippen LogP contribution in [0.25, 0.3) is 6.08 Å². The normalized spacial score (nSPS) is 17.5. The van der Waals surface area contributed by atoms with Crippen molar-refractivity contribution >= 4 is 12.2 Å². The zero-order chi connectivity index (χ0) is 15.8. The van der Waals surface area contributed by atoms with Crippen LogP contribution in [0.15, 0.2) is 30.3 Å². The summed E-state index contributed by atoms with van der Waals surface area (Å²) in [7, 11) is 0. The molecule has 22 heavy (non-hydrogen) atoms. The van der Waals surface area contributed by atoms with Gasteiger partial charge in [0.1, 0.15) is 0 Å². The van der Waals surface area contributed by atoms with E-state index in [-0.39, 0.29) is 6.10 Å². The highest BCUT2D eigenvalue weighted by Crippen LogP contribution is 2.28. The first kappa shape index (κ1) is 16.6. The maximum absolute atomic E-state index is 10.4. The molecule has 4 nitrogen and oxygen atoms in total. The molecule has 2 rings (SSSR count). The quantitative estimate of drug-likeness (QED) is 0.754. The summed E-state index contributed by atoms with van der Waals surface area (Å²) < 4.78 is 0. The van der Waals surface area contributed by atoms with Crippen molar-refractivity contribution in [3.63, 3.8) is 0 Å². The number of hydrogen-bond acceptors (Lipinski definition) is 2. The lowest BCUT2D eigenvalue weighted by Crippen LogP contribution is -2.24. The van der Waals surface area contributed by atoms with Crippen molar-refractivity contribution in [1.82, 2.24) is 5.32 Å². The molecule has 0 aromatic heterocycles. The van der Waals surface area contributed by atoms with E-state index >= 15 is 0 Å². The maximum atomic E-state index is 10.4. The molecule has 1 aliphatic carbocycles. The summed E-state index contributed by atoms with van der Waals surface area (Å²) >= 11 is 0. The Bertz CT molecular complexity index is 507. The number of benzene rings is 1. The van der Waals surface area contributed by atoms with Gasteiger partial charge in [-0.25, -0.2) is 4.79 Å². The van der Waals surface area contributed by atoms with Gasteiger partial charge in [-0.1, -0.05) is 55.7 Å². The Morgan fingerprint density at radius 3 is 2.82 bits per heavy atom. The van der Waals surface area contributed by atoms with Gasteiger partial charge in [-0.05, 0) is 36.3 Å². The van der Waals surface area contributed by atoms with Gasteiger partial charge in [-0.3, -0.25) is 0 Å². The van der Waals surface area contributed by atoms with Crippen LogP contribution in [-0.2, 0) is 6.42 Å². The molecule has 0 aliphatic heterocycles. The van der Waals surface area contributed by atoms with Crippen LogP contribution in [0.1, 0.15) is 43.2 Å². The summed E-state index contributed by atoms with van der Waals surface area (Å²) in [5.41, 5.74) is 2.16. The summed E-state index contributed by atoms with van der Waals surface area (Å²) in [4.78, 5) is 10.4. The van der Waals surface area contributed by atoms with Crippen LogP contribution in [0, 0.1) is 5.92 Å². The summed E-state index contributed by atoms with van der Waals surface area (Å²) in [6.07, 6.45) is 9.15. The lowest BCUT2D eigenvalue weighted by atomic mass is 9.83. The van der Waals surface area contributed by atoms with Crippen LogP contribution < -0.4 is 5.32 Å². The molecule has 1 unspecified atom stereocenters. The number of hydrogen-bond donors (Lipinski definition) is 3. The monoisotopic (exact) mass is 303 g/mol. The van der Waals surface area contributed by atoms with Crippen LogP contribution in [0.3, 0.4) is 0 Å². The van der Waals surface area contributed by atoms with Gasteiger partial charge in [-0.15, -0.1) is 0 Å². The SMILES string of the molecule is O=C(O)NC/C=C/c1cccc(CC(O)C2CCCCC2)c1. The molecule has 0 heterocycles. The highest BCUT2D eigenvalue weighted by molar-refractivity contribution is 5.65. The topological polar surface area (TPSA) is 69.6 Å². The van der Waals surface area contributed by atoms with Gasteiger partial charge < -0.3 is 15.5 Å². The second-order valence-electron chi connectivity index (χ2n) is 6.00. The Hall–Kier alpha value is -1.81. The molecule has 0 spiro atoms. The molecule has 1 aromatic carbocycles. The Morgan fingerprint density at radius 2 is 2.09 bits per heavy atom. The third-order valence-corrected chi connectivity index (χ3v) is 4.27. The number of aliphatic hydroxyl groups excluding tert-OH is 1. The lowest BCUT2D eigenvalue weighted by molar-refractivity contribution is 0.0851. The average Bonchev–Trinajstić information content (AvgIpc) is 2.52. The Kier molecular flexibility index (Phi) is 6.46. The molecule has 3 N–H and O–H groups in total. The highest BCUT2D eigenvalue weighted by atomic mass is 16.4. The average molecular weight is 303 g/mol. The largest absolute Gasteiger partial charge is 0.465 e. The zero-order valence-corrected chi connectivity index (χ0v) is 12.9. The van der Waals surface area contributed by atoms with Gasteiger partial charge in [0, 0.05) is 6.54 Å². The molecule has 1 aliphatic rings. The number of carboxylic acid groups (broad SMARTS) is 1. The number of amides is 1. The first-order valence-electron chi connectivity index (χ1n) is 8.05. The van der Waals surface area contributed by atoms with E-state index in [0.717, 1.165) is 24.0 Å².